The fourth-order valence-corrected chi connectivity index (χ4v) is 2.61. The van der Waals surface area contributed by atoms with E-state index in [0.717, 1.165) is 23.6 Å². The average molecular weight is 287 g/mol. The first kappa shape index (κ1) is 13.9. The van der Waals surface area contributed by atoms with Gasteiger partial charge in [0.05, 0.1) is 6.04 Å². The number of aromatic nitrogens is 2. The van der Waals surface area contributed by atoms with Gasteiger partial charge >= 0.3 is 6.01 Å². The smallest absolute Gasteiger partial charge is 0.321 e. The van der Waals surface area contributed by atoms with E-state index in [4.69, 9.17) is 9.26 Å². The Morgan fingerprint density at radius 2 is 2.05 bits per heavy atom. The molecule has 1 aliphatic rings. The number of anilines is 1. The van der Waals surface area contributed by atoms with E-state index in [1.807, 2.05) is 32.0 Å². The normalized spacial score (nSPS) is 20.0. The van der Waals surface area contributed by atoms with Gasteiger partial charge in [-0.25, -0.2) is 0 Å². The third kappa shape index (κ3) is 2.86. The predicted molar refractivity (Wildman–Crippen MR) is 80.5 cm³/mol. The molecule has 0 saturated carbocycles. The standard InChI is InChI=1S/C16H21N3O2/c1-10(2)14-18-15(21-19-14)17-12-9-16(3,4)20-13-8-6-5-7-11(12)13/h5-8,10,12H,9H2,1-4H3,(H,17,18,19). The van der Waals surface area contributed by atoms with Gasteiger partial charge in [-0.15, -0.1) is 0 Å². The van der Waals surface area contributed by atoms with Crippen molar-refractivity contribution in [2.24, 2.45) is 0 Å². The molecule has 1 aromatic heterocycles. The molecule has 0 radical (unpaired) electrons. The van der Waals surface area contributed by atoms with Gasteiger partial charge in [-0.3, -0.25) is 0 Å². The van der Waals surface area contributed by atoms with E-state index in [0.29, 0.717) is 6.01 Å². The molecular formula is C16H21N3O2. The predicted octanol–water partition coefficient (Wildman–Crippen LogP) is 3.91. The van der Waals surface area contributed by atoms with Crippen LogP contribution in [0.4, 0.5) is 6.01 Å². The molecule has 112 valence electrons. The number of benzene rings is 1. The fourth-order valence-electron chi connectivity index (χ4n) is 2.61. The second kappa shape index (κ2) is 5.06. The molecule has 3 rings (SSSR count). The van der Waals surface area contributed by atoms with Crippen LogP contribution in [0.15, 0.2) is 28.8 Å². The van der Waals surface area contributed by atoms with E-state index in [-0.39, 0.29) is 17.6 Å². The molecule has 21 heavy (non-hydrogen) atoms. The van der Waals surface area contributed by atoms with E-state index < -0.39 is 0 Å². The topological polar surface area (TPSA) is 60.2 Å². The number of rotatable bonds is 3. The Bertz CT molecular complexity index is 634. The van der Waals surface area contributed by atoms with Gasteiger partial charge < -0.3 is 14.6 Å². The zero-order valence-electron chi connectivity index (χ0n) is 12.9. The van der Waals surface area contributed by atoms with Crippen molar-refractivity contribution in [3.63, 3.8) is 0 Å². The summed E-state index contributed by atoms with van der Waals surface area (Å²) in [6, 6.07) is 8.64. The molecule has 5 heteroatoms. The monoisotopic (exact) mass is 287 g/mol. The lowest BCUT2D eigenvalue weighted by atomic mass is 9.90. The Hall–Kier alpha value is -2.04. The van der Waals surface area contributed by atoms with E-state index in [1.54, 1.807) is 0 Å². The molecule has 0 aliphatic carbocycles. The minimum atomic E-state index is -0.229. The molecule has 2 heterocycles. The van der Waals surface area contributed by atoms with Crippen LogP contribution in [0.25, 0.3) is 0 Å². The first-order chi connectivity index (χ1) is 9.94. The second-order valence-electron chi connectivity index (χ2n) is 6.41. The molecule has 5 nitrogen and oxygen atoms in total. The minimum absolute atomic E-state index is 0.102. The van der Waals surface area contributed by atoms with Crippen molar-refractivity contribution in [2.45, 2.75) is 51.7 Å². The molecule has 0 amide bonds. The highest BCUT2D eigenvalue weighted by Gasteiger charge is 2.34. The lowest BCUT2D eigenvalue weighted by Gasteiger charge is -2.37. The summed E-state index contributed by atoms with van der Waals surface area (Å²) in [6.45, 7) is 8.26. The molecule has 2 aromatic rings. The van der Waals surface area contributed by atoms with Gasteiger partial charge in [-0.1, -0.05) is 37.2 Å². The third-order valence-electron chi connectivity index (χ3n) is 3.63. The summed E-state index contributed by atoms with van der Waals surface area (Å²) in [5.41, 5.74) is 0.897. The number of hydrogen-bond donors (Lipinski definition) is 1. The summed E-state index contributed by atoms with van der Waals surface area (Å²) < 4.78 is 11.3. The van der Waals surface area contributed by atoms with Crippen molar-refractivity contribution >= 4 is 6.01 Å². The second-order valence-corrected chi connectivity index (χ2v) is 6.41. The molecule has 0 spiro atoms. The first-order valence-electron chi connectivity index (χ1n) is 7.33. The molecule has 0 bridgehead atoms. The van der Waals surface area contributed by atoms with Crippen LogP contribution in [0.1, 0.15) is 57.5 Å². The van der Waals surface area contributed by atoms with Gasteiger partial charge in [0.1, 0.15) is 11.4 Å². The summed E-state index contributed by atoms with van der Waals surface area (Å²) >= 11 is 0. The summed E-state index contributed by atoms with van der Waals surface area (Å²) in [5, 5.41) is 7.34. The highest BCUT2D eigenvalue weighted by atomic mass is 16.5. The summed E-state index contributed by atoms with van der Waals surface area (Å²) in [7, 11) is 0. The minimum Gasteiger partial charge on any atom is -0.487 e. The molecule has 1 aliphatic heterocycles. The van der Waals surface area contributed by atoms with Crippen LogP contribution < -0.4 is 10.1 Å². The maximum atomic E-state index is 6.02. The Balaban J connectivity index is 1.87. The van der Waals surface area contributed by atoms with Crippen molar-refractivity contribution in [1.29, 1.82) is 0 Å². The molecule has 0 saturated heterocycles. The molecule has 1 unspecified atom stereocenters. The van der Waals surface area contributed by atoms with Crippen LogP contribution in [0, 0.1) is 0 Å². The summed E-state index contributed by atoms with van der Waals surface area (Å²) in [6.07, 6.45) is 0.837. The van der Waals surface area contributed by atoms with Crippen molar-refractivity contribution in [3.8, 4) is 5.75 Å². The molecular weight excluding hydrogens is 266 g/mol. The van der Waals surface area contributed by atoms with Crippen molar-refractivity contribution in [1.82, 2.24) is 10.1 Å². The highest BCUT2D eigenvalue weighted by Crippen LogP contribution is 2.40. The van der Waals surface area contributed by atoms with Crippen LogP contribution in [0.3, 0.4) is 0 Å². The molecule has 1 N–H and O–H groups in total. The first-order valence-corrected chi connectivity index (χ1v) is 7.33. The molecule has 1 aromatic carbocycles. The Labute approximate surface area is 124 Å². The Morgan fingerprint density at radius 1 is 1.29 bits per heavy atom. The summed E-state index contributed by atoms with van der Waals surface area (Å²) in [4.78, 5) is 4.39. The lowest BCUT2D eigenvalue weighted by molar-refractivity contribution is 0.0754. The Kier molecular flexibility index (Phi) is 3.35. The highest BCUT2D eigenvalue weighted by molar-refractivity contribution is 5.42. The summed E-state index contributed by atoms with van der Waals surface area (Å²) in [5.74, 6) is 1.88. The van der Waals surface area contributed by atoms with Gasteiger partial charge in [-0.2, -0.15) is 4.98 Å². The zero-order valence-corrected chi connectivity index (χ0v) is 12.9. The third-order valence-corrected chi connectivity index (χ3v) is 3.63. The average Bonchev–Trinajstić information content (AvgIpc) is 2.86. The van der Waals surface area contributed by atoms with Gasteiger partial charge in [-0.05, 0) is 19.9 Å². The number of fused-ring (bicyclic) bond motifs is 1. The number of nitrogens with one attached hydrogen (secondary N) is 1. The van der Waals surface area contributed by atoms with Crippen LogP contribution in [0.5, 0.6) is 5.75 Å². The fraction of sp³-hybridized carbons (Fsp3) is 0.500. The van der Waals surface area contributed by atoms with Gasteiger partial charge in [0.25, 0.3) is 0 Å². The van der Waals surface area contributed by atoms with Gasteiger partial charge in [0.15, 0.2) is 5.82 Å². The van der Waals surface area contributed by atoms with Gasteiger partial charge in [0, 0.05) is 17.9 Å². The maximum Gasteiger partial charge on any atom is 0.321 e. The van der Waals surface area contributed by atoms with E-state index in [1.165, 1.54) is 0 Å². The van der Waals surface area contributed by atoms with Gasteiger partial charge in [0.2, 0.25) is 0 Å². The lowest BCUT2D eigenvalue weighted by Crippen LogP contribution is -2.37. The van der Waals surface area contributed by atoms with Crippen molar-refractivity contribution in [3.05, 3.63) is 35.7 Å². The maximum absolute atomic E-state index is 6.02. The number of ether oxygens (including phenoxy) is 1. The SMILES string of the molecule is CC(C)c1noc(NC2CC(C)(C)Oc3ccccc32)n1. The Morgan fingerprint density at radius 3 is 2.76 bits per heavy atom. The van der Waals surface area contributed by atoms with E-state index in [9.17, 15) is 0 Å². The van der Waals surface area contributed by atoms with E-state index in [2.05, 4.69) is 35.4 Å². The van der Waals surface area contributed by atoms with Crippen LogP contribution in [0.2, 0.25) is 0 Å². The number of hydrogen-bond acceptors (Lipinski definition) is 5. The van der Waals surface area contributed by atoms with E-state index >= 15 is 0 Å². The largest absolute Gasteiger partial charge is 0.487 e. The number of nitrogens with zero attached hydrogens (tertiary/aromatic N) is 2. The van der Waals surface area contributed by atoms with Crippen LogP contribution in [-0.2, 0) is 0 Å². The number of para-hydroxylation sites is 1. The van der Waals surface area contributed by atoms with Crippen molar-refractivity contribution in [2.75, 3.05) is 5.32 Å². The molecule has 0 fully saturated rings. The molecule has 1 atom stereocenters. The van der Waals surface area contributed by atoms with Crippen LogP contribution in [-0.4, -0.2) is 15.7 Å². The van der Waals surface area contributed by atoms with Crippen molar-refractivity contribution < 1.29 is 9.26 Å². The van der Waals surface area contributed by atoms with Crippen LogP contribution >= 0.6 is 0 Å². The zero-order chi connectivity index (χ0) is 15.0. The quantitative estimate of drug-likeness (QED) is 0.927.